The molecule has 5 heteroatoms. The number of amides is 1. The van der Waals surface area contributed by atoms with E-state index in [9.17, 15) is 9.90 Å². The Morgan fingerprint density at radius 3 is 2.70 bits per heavy atom. The number of aliphatic hydroxyl groups excluding tert-OH is 1. The van der Waals surface area contributed by atoms with Crippen LogP contribution in [0.3, 0.4) is 0 Å². The van der Waals surface area contributed by atoms with Crippen molar-refractivity contribution >= 4 is 5.91 Å². The maximum Gasteiger partial charge on any atom is 0.220 e. The molecule has 1 amide bonds. The van der Waals surface area contributed by atoms with Gasteiger partial charge in [0.15, 0.2) is 0 Å². The molecule has 0 radical (unpaired) electrons. The molecule has 1 aliphatic carbocycles. The van der Waals surface area contributed by atoms with Crippen molar-refractivity contribution in [3.05, 3.63) is 17.0 Å². The molecule has 0 aliphatic heterocycles. The summed E-state index contributed by atoms with van der Waals surface area (Å²) in [5.41, 5.74) is 3.27. The molecule has 1 saturated carbocycles. The smallest absolute Gasteiger partial charge is 0.220 e. The average Bonchev–Trinajstić information content (AvgIpc) is 2.64. The minimum atomic E-state index is -0.380. The van der Waals surface area contributed by atoms with Crippen LogP contribution in [-0.4, -0.2) is 32.9 Å². The molecule has 1 aliphatic rings. The van der Waals surface area contributed by atoms with Gasteiger partial charge in [0.05, 0.1) is 17.8 Å². The maximum absolute atomic E-state index is 12.0. The van der Waals surface area contributed by atoms with Crippen LogP contribution >= 0.6 is 0 Å². The van der Waals surface area contributed by atoms with Gasteiger partial charge in [0, 0.05) is 19.2 Å². The molecular formula is C15H25N3O2. The largest absolute Gasteiger partial charge is 0.391 e. The number of carbonyl (C=O) groups is 1. The lowest BCUT2D eigenvalue weighted by Gasteiger charge is -2.28. The van der Waals surface area contributed by atoms with Crippen LogP contribution in [0.25, 0.3) is 0 Å². The number of hydrogen-bond acceptors (Lipinski definition) is 3. The number of aliphatic hydroxyl groups is 1. The van der Waals surface area contributed by atoms with E-state index in [2.05, 4.69) is 10.4 Å². The summed E-state index contributed by atoms with van der Waals surface area (Å²) in [5, 5.41) is 17.2. The number of nitrogens with one attached hydrogen (secondary N) is 1. The summed E-state index contributed by atoms with van der Waals surface area (Å²) < 4.78 is 1.85. The average molecular weight is 279 g/mol. The minimum absolute atomic E-state index is 0.0265. The molecule has 1 aromatic heterocycles. The predicted octanol–water partition coefficient (Wildman–Crippen LogP) is 1.39. The Labute approximate surface area is 120 Å². The SMILES string of the molecule is Cc1nn(C)c(C)c1CCC(=O)N[C@@H]1CCCC[C@H]1O. The zero-order valence-electron chi connectivity index (χ0n) is 12.6. The van der Waals surface area contributed by atoms with Crippen molar-refractivity contribution in [1.29, 1.82) is 0 Å². The fourth-order valence-electron chi connectivity index (χ4n) is 2.98. The minimum Gasteiger partial charge on any atom is -0.391 e. The van der Waals surface area contributed by atoms with Crippen LogP contribution < -0.4 is 5.32 Å². The molecule has 0 aromatic carbocycles. The van der Waals surface area contributed by atoms with Crippen molar-refractivity contribution in [3.63, 3.8) is 0 Å². The van der Waals surface area contributed by atoms with E-state index >= 15 is 0 Å². The van der Waals surface area contributed by atoms with Gasteiger partial charge in [-0.05, 0) is 38.7 Å². The normalized spacial score (nSPS) is 22.8. The van der Waals surface area contributed by atoms with Crippen LogP contribution in [0.4, 0.5) is 0 Å². The summed E-state index contributed by atoms with van der Waals surface area (Å²) >= 11 is 0. The van der Waals surface area contributed by atoms with Gasteiger partial charge in [-0.2, -0.15) is 5.10 Å². The third kappa shape index (κ3) is 3.39. The first-order valence-electron chi connectivity index (χ1n) is 7.45. The number of aryl methyl sites for hydroxylation is 2. The lowest BCUT2D eigenvalue weighted by atomic mass is 9.92. The molecule has 5 nitrogen and oxygen atoms in total. The molecule has 2 N–H and O–H groups in total. The van der Waals surface area contributed by atoms with Crippen LogP contribution in [0.15, 0.2) is 0 Å². The van der Waals surface area contributed by atoms with Crippen molar-refractivity contribution in [3.8, 4) is 0 Å². The van der Waals surface area contributed by atoms with Crippen LogP contribution in [0.5, 0.6) is 0 Å². The van der Waals surface area contributed by atoms with Crippen LogP contribution in [-0.2, 0) is 18.3 Å². The van der Waals surface area contributed by atoms with Gasteiger partial charge in [-0.1, -0.05) is 12.8 Å². The van der Waals surface area contributed by atoms with Gasteiger partial charge < -0.3 is 10.4 Å². The topological polar surface area (TPSA) is 67.2 Å². The van der Waals surface area contributed by atoms with Gasteiger partial charge in [0.2, 0.25) is 5.91 Å². The molecule has 1 heterocycles. The van der Waals surface area contributed by atoms with Crippen molar-refractivity contribution in [1.82, 2.24) is 15.1 Å². The van der Waals surface area contributed by atoms with E-state index in [4.69, 9.17) is 0 Å². The van der Waals surface area contributed by atoms with Crippen molar-refractivity contribution in [2.75, 3.05) is 0 Å². The first-order chi connectivity index (χ1) is 9.49. The molecular weight excluding hydrogens is 254 g/mol. The summed E-state index contributed by atoms with van der Waals surface area (Å²) in [6.07, 6.45) is 4.61. The molecule has 2 atom stereocenters. The third-order valence-electron chi connectivity index (χ3n) is 4.34. The van der Waals surface area contributed by atoms with Gasteiger partial charge >= 0.3 is 0 Å². The maximum atomic E-state index is 12.0. The highest BCUT2D eigenvalue weighted by molar-refractivity contribution is 5.76. The third-order valence-corrected chi connectivity index (χ3v) is 4.34. The Balaban J connectivity index is 1.86. The molecule has 0 unspecified atom stereocenters. The predicted molar refractivity (Wildman–Crippen MR) is 77.4 cm³/mol. The van der Waals surface area contributed by atoms with Crippen LogP contribution in [0.1, 0.15) is 49.1 Å². The van der Waals surface area contributed by atoms with Gasteiger partial charge in [-0.3, -0.25) is 9.48 Å². The number of carbonyl (C=O) groups excluding carboxylic acids is 1. The second kappa shape index (κ2) is 6.39. The molecule has 2 rings (SSSR count). The van der Waals surface area contributed by atoms with Crippen molar-refractivity contribution in [2.45, 2.75) is 64.5 Å². The zero-order chi connectivity index (χ0) is 14.7. The molecule has 20 heavy (non-hydrogen) atoms. The second-order valence-corrected chi connectivity index (χ2v) is 5.80. The number of aromatic nitrogens is 2. The van der Waals surface area contributed by atoms with E-state index in [1.54, 1.807) is 0 Å². The summed E-state index contributed by atoms with van der Waals surface area (Å²) in [7, 11) is 1.92. The van der Waals surface area contributed by atoms with Crippen molar-refractivity contribution < 1.29 is 9.90 Å². The molecule has 0 bridgehead atoms. The fraction of sp³-hybridized carbons (Fsp3) is 0.733. The summed E-state index contributed by atoms with van der Waals surface area (Å²) in [6, 6.07) is -0.0626. The lowest BCUT2D eigenvalue weighted by Crippen LogP contribution is -2.45. The van der Waals surface area contributed by atoms with Gasteiger partial charge in [0.25, 0.3) is 0 Å². The van der Waals surface area contributed by atoms with Gasteiger partial charge in [-0.25, -0.2) is 0 Å². The van der Waals surface area contributed by atoms with E-state index in [1.807, 2.05) is 25.6 Å². The monoisotopic (exact) mass is 279 g/mol. The van der Waals surface area contributed by atoms with Gasteiger partial charge in [0.1, 0.15) is 0 Å². The first kappa shape index (κ1) is 15.0. The standard InChI is InChI=1S/C15H25N3O2/c1-10-12(11(2)18(3)17-10)8-9-15(20)16-13-6-4-5-7-14(13)19/h13-14,19H,4-9H2,1-3H3,(H,16,20)/t13-,14-/m1/s1. The summed E-state index contributed by atoms with van der Waals surface area (Å²) in [6.45, 7) is 4.00. The molecule has 0 saturated heterocycles. The molecule has 1 aromatic rings. The Morgan fingerprint density at radius 2 is 2.10 bits per heavy atom. The van der Waals surface area contributed by atoms with Crippen LogP contribution in [0.2, 0.25) is 0 Å². The van der Waals surface area contributed by atoms with E-state index < -0.39 is 0 Å². The van der Waals surface area contributed by atoms with Crippen molar-refractivity contribution in [2.24, 2.45) is 7.05 Å². The highest BCUT2D eigenvalue weighted by Gasteiger charge is 2.24. The summed E-state index contributed by atoms with van der Waals surface area (Å²) in [5.74, 6) is 0.0265. The Hall–Kier alpha value is -1.36. The Bertz CT molecular complexity index is 482. The van der Waals surface area contributed by atoms with E-state index in [0.717, 1.165) is 42.6 Å². The van der Waals surface area contributed by atoms with Crippen LogP contribution in [0, 0.1) is 13.8 Å². The Morgan fingerprint density at radius 1 is 1.40 bits per heavy atom. The molecule has 0 spiro atoms. The lowest BCUT2D eigenvalue weighted by molar-refractivity contribution is -0.123. The number of rotatable bonds is 4. The van der Waals surface area contributed by atoms with E-state index in [0.29, 0.717) is 12.8 Å². The highest BCUT2D eigenvalue weighted by atomic mass is 16.3. The fourth-order valence-corrected chi connectivity index (χ4v) is 2.98. The van der Waals surface area contributed by atoms with Gasteiger partial charge in [-0.15, -0.1) is 0 Å². The van der Waals surface area contributed by atoms with E-state index in [-0.39, 0.29) is 18.1 Å². The molecule has 112 valence electrons. The molecule has 1 fully saturated rings. The zero-order valence-corrected chi connectivity index (χ0v) is 12.6. The number of hydrogen-bond donors (Lipinski definition) is 2. The Kier molecular flexibility index (Phi) is 4.81. The number of nitrogens with zero attached hydrogens (tertiary/aromatic N) is 2. The first-order valence-corrected chi connectivity index (χ1v) is 7.45. The quantitative estimate of drug-likeness (QED) is 0.875. The van der Waals surface area contributed by atoms with E-state index in [1.165, 1.54) is 0 Å². The highest BCUT2D eigenvalue weighted by Crippen LogP contribution is 2.19. The summed E-state index contributed by atoms with van der Waals surface area (Å²) in [4.78, 5) is 12.0. The second-order valence-electron chi connectivity index (χ2n) is 5.80.